The van der Waals surface area contributed by atoms with E-state index in [1.807, 2.05) is 30.3 Å². The Kier molecular flexibility index (Phi) is 4.19. The molecule has 5 heteroatoms. The number of hydrogen-bond donors (Lipinski definition) is 1. The number of benzene rings is 2. The lowest BCUT2D eigenvalue weighted by Crippen LogP contribution is -2.27. The van der Waals surface area contributed by atoms with E-state index in [1.54, 1.807) is 18.2 Å². The second-order valence-electron chi connectivity index (χ2n) is 5.44. The van der Waals surface area contributed by atoms with Crippen molar-refractivity contribution < 1.29 is 9.72 Å². The van der Waals surface area contributed by atoms with E-state index in [-0.39, 0.29) is 11.6 Å². The Morgan fingerprint density at radius 2 is 1.91 bits per heavy atom. The van der Waals surface area contributed by atoms with Crippen molar-refractivity contribution in [2.24, 2.45) is 0 Å². The number of hydrogen-bond acceptors (Lipinski definition) is 3. The van der Waals surface area contributed by atoms with Gasteiger partial charge in [-0.15, -0.1) is 0 Å². The summed E-state index contributed by atoms with van der Waals surface area (Å²) in [6, 6.07) is 14.8. The van der Waals surface area contributed by atoms with Gasteiger partial charge in [0.15, 0.2) is 0 Å². The molecule has 0 spiro atoms. The highest BCUT2D eigenvalue weighted by Crippen LogP contribution is 2.32. The first-order chi connectivity index (χ1) is 11.1. The quantitative estimate of drug-likeness (QED) is 0.682. The lowest BCUT2D eigenvalue weighted by Gasteiger charge is -2.06. The van der Waals surface area contributed by atoms with Gasteiger partial charge < -0.3 is 5.32 Å². The summed E-state index contributed by atoms with van der Waals surface area (Å²) in [6.45, 7) is 0.540. The first-order valence-corrected chi connectivity index (χ1v) is 7.44. The summed E-state index contributed by atoms with van der Waals surface area (Å²) in [5.74, 6) is -0.161. The molecule has 0 saturated carbocycles. The van der Waals surface area contributed by atoms with Crippen molar-refractivity contribution in [2.45, 2.75) is 12.8 Å². The zero-order chi connectivity index (χ0) is 16.2. The molecule has 0 heterocycles. The highest BCUT2D eigenvalue weighted by Gasteiger charge is 2.25. The van der Waals surface area contributed by atoms with Crippen LogP contribution in [0.2, 0.25) is 0 Å². The van der Waals surface area contributed by atoms with Gasteiger partial charge in [-0.25, -0.2) is 0 Å². The minimum absolute atomic E-state index is 0.0748. The zero-order valence-electron chi connectivity index (χ0n) is 12.5. The first-order valence-electron chi connectivity index (χ1n) is 7.44. The molecule has 1 N–H and O–H groups in total. The molecular formula is C18H16N2O3. The lowest BCUT2D eigenvalue weighted by atomic mass is 10.1. The lowest BCUT2D eigenvalue weighted by molar-refractivity contribution is -0.385. The second kappa shape index (κ2) is 6.44. The van der Waals surface area contributed by atoms with Crippen LogP contribution in [0, 0.1) is 10.1 Å². The number of carbonyl (C=O) groups excluding carboxylic acids is 1. The van der Waals surface area contributed by atoms with Crippen LogP contribution in [0.15, 0.2) is 54.1 Å². The number of fused-ring (bicyclic) bond motifs is 1. The van der Waals surface area contributed by atoms with Crippen molar-refractivity contribution >= 4 is 17.7 Å². The summed E-state index contributed by atoms with van der Waals surface area (Å²) in [5, 5.41) is 13.9. The maximum Gasteiger partial charge on any atom is 0.273 e. The summed E-state index contributed by atoms with van der Waals surface area (Å²) < 4.78 is 0. The van der Waals surface area contributed by atoms with Crippen LogP contribution in [-0.4, -0.2) is 17.4 Å². The molecule has 0 aliphatic heterocycles. The van der Waals surface area contributed by atoms with Gasteiger partial charge in [0.2, 0.25) is 5.91 Å². The Morgan fingerprint density at radius 3 is 2.65 bits per heavy atom. The van der Waals surface area contributed by atoms with Gasteiger partial charge in [-0.3, -0.25) is 14.9 Å². The van der Waals surface area contributed by atoms with Gasteiger partial charge in [0.05, 0.1) is 4.92 Å². The molecule has 116 valence electrons. The molecule has 5 nitrogen and oxygen atoms in total. The van der Waals surface area contributed by atoms with Gasteiger partial charge in [-0.1, -0.05) is 42.5 Å². The molecule has 3 rings (SSSR count). The van der Waals surface area contributed by atoms with Crippen LogP contribution in [0.3, 0.4) is 0 Å². The number of carbonyl (C=O) groups is 1. The number of nitrogens with one attached hydrogen (secondary N) is 1. The molecule has 0 aromatic heterocycles. The van der Waals surface area contributed by atoms with E-state index in [0.717, 1.165) is 17.5 Å². The average Bonchev–Trinajstić information content (AvgIpc) is 2.99. The molecule has 1 amide bonds. The Bertz CT molecular complexity index is 782. The van der Waals surface area contributed by atoms with Crippen LogP contribution in [0.5, 0.6) is 0 Å². The van der Waals surface area contributed by atoms with E-state index in [2.05, 4.69) is 5.32 Å². The van der Waals surface area contributed by atoms with E-state index >= 15 is 0 Å². The molecule has 23 heavy (non-hydrogen) atoms. The van der Waals surface area contributed by atoms with Crippen molar-refractivity contribution in [3.63, 3.8) is 0 Å². The Labute approximate surface area is 133 Å². The van der Waals surface area contributed by atoms with Crippen molar-refractivity contribution in [1.29, 1.82) is 0 Å². The monoisotopic (exact) mass is 308 g/mol. The van der Waals surface area contributed by atoms with Crippen LogP contribution in [0.1, 0.15) is 16.7 Å². The van der Waals surface area contributed by atoms with E-state index < -0.39 is 4.92 Å². The number of nitro groups is 1. The molecule has 0 unspecified atom stereocenters. The predicted octanol–water partition coefficient (Wildman–Crippen LogP) is 2.89. The van der Waals surface area contributed by atoms with Crippen LogP contribution in [0.25, 0.3) is 6.08 Å². The van der Waals surface area contributed by atoms with Gasteiger partial charge in [0.1, 0.15) is 0 Å². The molecule has 0 atom stereocenters. The zero-order valence-corrected chi connectivity index (χ0v) is 12.5. The van der Waals surface area contributed by atoms with Gasteiger partial charge in [0.25, 0.3) is 5.69 Å². The molecule has 2 aromatic rings. The number of amides is 1. The summed E-state index contributed by atoms with van der Waals surface area (Å²) in [4.78, 5) is 22.9. The Hall–Kier alpha value is -2.95. The minimum atomic E-state index is -0.400. The van der Waals surface area contributed by atoms with E-state index in [1.165, 1.54) is 6.07 Å². The number of nitro benzene ring substituents is 1. The Balaban J connectivity index is 1.62. The fourth-order valence-electron chi connectivity index (χ4n) is 2.74. The standard InChI is InChI=1S/C18H16N2O3/c21-18(19-10-9-13-5-2-1-3-6-13)15-11-14-7-4-8-17(20(22)23)16(14)12-15/h1-8,11H,9-10,12H2,(H,19,21). The van der Waals surface area contributed by atoms with Crippen molar-refractivity contribution in [1.82, 2.24) is 5.32 Å². The fraction of sp³-hybridized carbons (Fsp3) is 0.167. The second-order valence-corrected chi connectivity index (χ2v) is 5.44. The molecule has 2 aromatic carbocycles. The van der Waals surface area contributed by atoms with E-state index in [0.29, 0.717) is 24.1 Å². The van der Waals surface area contributed by atoms with Crippen LogP contribution < -0.4 is 5.32 Å². The highest BCUT2D eigenvalue weighted by molar-refractivity contribution is 6.00. The maximum atomic E-state index is 12.2. The highest BCUT2D eigenvalue weighted by atomic mass is 16.6. The third kappa shape index (κ3) is 3.29. The third-order valence-electron chi connectivity index (χ3n) is 3.91. The van der Waals surface area contributed by atoms with Crippen LogP contribution in [-0.2, 0) is 17.6 Å². The molecule has 0 bridgehead atoms. The molecule has 0 saturated heterocycles. The summed E-state index contributed by atoms with van der Waals surface area (Å²) in [5.41, 5.74) is 3.18. The molecular weight excluding hydrogens is 292 g/mol. The molecule has 1 aliphatic rings. The summed E-state index contributed by atoms with van der Waals surface area (Å²) in [7, 11) is 0. The minimum Gasteiger partial charge on any atom is -0.352 e. The molecule has 0 radical (unpaired) electrons. The van der Waals surface area contributed by atoms with Crippen molar-refractivity contribution in [3.8, 4) is 0 Å². The first kappa shape index (κ1) is 15.0. The summed E-state index contributed by atoms with van der Waals surface area (Å²) >= 11 is 0. The average molecular weight is 308 g/mol. The summed E-state index contributed by atoms with van der Waals surface area (Å²) in [6.07, 6.45) is 2.80. The van der Waals surface area contributed by atoms with Crippen LogP contribution in [0.4, 0.5) is 5.69 Å². The van der Waals surface area contributed by atoms with Gasteiger partial charge in [-0.2, -0.15) is 0 Å². The van der Waals surface area contributed by atoms with Gasteiger partial charge >= 0.3 is 0 Å². The third-order valence-corrected chi connectivity index (χ3v) is 3.91. The fourth-order valence-corrected chi connectivity index (χ4v) is 2.74. The molecule has 1 aliphatic carbocycles. The normalized spacial score (nSPS) is 12.4. The van der Waals surface area contributed by atoms with Crippen molar-refractivity contribution in [3.05, 3.63) is 80.9 Å². The van der Waals surface area contributed by atoms with Gasteiger partial charge in [-0.05, 0) is 23.6 Å². The smallest absolute Gasteiger partial charge is 0.273 e. The molecule has 0 fully saturated rings. The maximum absolute atomic E-state index is 12.2. The topological polar surface area (TPSA) is 72.2 Å². The largest absolute Gasteiger partial charge is 0.352 e. The Morgan fingerprint density at radius 1 is 1.13 bits per heavy atom. The van der Waals surface area contributed by atoms with E-state index in [9.17, 15) is 14.9 Å². The van der Waals surface area contributed by atoms with Crippen LogP contribution >= 0.6 is 0 Å². The number of rotatable bonds is 5. The predicted molar refractivity (Wildman–Crippen MR) is 87.9 cm³/mol. The van der Waals surface area contributed by atoms with E-state index in [4.69, 9.17) is 0 Å². The SMILES string of the molecule is O=C(NCCc1ccccc1)C1=Cc2cccc([N+](=O)[O-])c2C1. The number of nitrogens with zero attached hydrogens (tertiary/aromatic N) is 1. The van der Waals surface area contributed by atoms with Gasteiger partial charge in [0, 0.05) is 30.2 Å². The van der Waals surface area contributed by atoms with Crippen molar-refractivity contribution in [2.75, 3.05) is 6.54 Å².